The summed E-state index contributed by atoms with van der Waals surface area (Å²) in [7, 11) is -3.21. The van der Waals surface area contributed by atoms with Gasteiger partial charge in [0.1, 0.15) is 6.04 Å². The van der Waals surface area contributed by atoms with Crippen LogP contribution in [0.2, 0.25) is 0 Å². The predicted octanol–water partition coefficient (Wildman–Crippen LogP) is -0.816. The summed E-state index contributed by atoms with van der Waals surface area (Å²) in [5.41, 5.74) is 0. The molecule has 1 fully saturated rings. The topological polar surface area (TPSA) is 116 Å². The van der Waals surface area contributed by atoms with Crippen LogP contribution in [0.1, 0.15) is 19.3 Å². The Balaban J connectivity index is 2.26. The highest BCUT2D eigenvalue weighted by Crippen LogP contribution is 2.17. The summed E-state index contributed by atoms with van der Waals surface area (Å²) in [5.74, 6) is -0.994. The van der Waals surface area contributed by atoms with Crippen molar-refractivity contribution in [3.8, 4) is 0 Å². The molecule has 1 unspecified atom stereocenters. The summed E-state index contributed by atoms with van der Waals surface area (Å²) in [6.45, 7) is 0.968. The average molecular weight is 293 g/mol. The third-order valence-corrected chi connectivity index (χ3v) is 3.52. The van der Waals surface area contributed by atoms with Gasteiger partial charge >= 0.3 is 12.0 Å². The number of aliphatic carboxylic acids is 1. The quantitative estimate of drug-likeness (QED) is 0.554. The molecule has 0 aliphatic carbocycles. The number of hydrogen-bond acceptors (Lipinski definition) is 4. The van der Waals surface area contributed by atoms with Crippen molar-refractivity contribution in [2.75, 3.05) is 25.9 Å². The lowest BCUT2D eigenvalue weighted by Gasteiger charge is -2.21. The maximum atomic E-state index is 11.7. The van der Waals surface area contributed by atoms with E-state index in [4.69, 9.17) is 5.11 Å². The number of carboxylic acid groups (broad SMARTS) is 1. The first-order valence-electron chi connectivity index (χ1n) is 6.03. The number of carbonyl (C=O) groups is 2. The molecule has 2 amide bonds. The maximum Gasteiger partial charge on any atom is 0.326 e. The number of nitrogens with one attached hydrogen (secondary N) is 2. The molecule has 1 rings (SSSR count). The number of carboxylic acids is 1. The Labute approximate surface area is 112 Å². The number of nitrogens with zero attached hydrogens (tertiary/aromatic N) is 1. The lowest BCUT2D eigenvalue weighted by molar-refractivity contribution is -0.141. The van der Waals surface area contributed by atoms with Crippen molar-refractivity contribution in [2.45, 2.75) is 25.3 Å². The van der Waals surface area contributed by atoms with E-state index >= 15 is 0 Å². The van der Waals surface area contributed by atoms with E-state index in [9.17, 15) is 18.0 Å². The number of urea groups is 1. The van der Waals surface area contributed by atoms with Gasteiger partial charge in [0, 0.05) is 19.6 Å². The lowest BCUT2D eigenvalue weighted by atomic mass is 10.2. The molecular weight excluding hydrogens is 274 g/mol. The van der Waals surface area contributed by atoms with Gasteiger partial charge in [0.2, 0.25) is 10.0 Å². The van der Waals surface area contributed by atoms with Gasteiger partial charge in [0.25, 0.3) is 0 Å². The number of amides is 2. The molecule has 1 heterocycles. The molecular formula is C10H19N3O5S. The van der Waals surface area contributed by atoms with E-state index in [2.05, 4.69) is 10.0 Å². The zero-order valence-corrected chi connectivity index (χ0v) is 11.6. The van der Waals surface area contributed by atoms with Crippen LogP contribution in [-0.2, 0) is 14.8 Å². The molecule has 110 valence electrons. The van der Waals surface area contributed by atoms with Crippen LogP contribution in [-0.4, -0.2) is 62.4 Å². The normalized spacial score (nSPS) is 19.4. The Morgan fingerprint density at radius 1 is 1.37 bits per heavy atom. The smallest absolute Gasteiger partial charge is 0.326 e. The molecule has 1 atom stereocenters. The summed E-state index contributed by atoms with van der Waals surface area (Å²) in [5, 5.41) is 11.5. The number of likely N-dealkylation sites (tertiary alicyclic amines) is 1. The van der Waals surface area contributed by atoms with Gasteiger partial charge in [0.15, 0.2) is 0 Å². The summed E-state index contributed by atoms with van der Waals surface area (Å²) >= 11 is 0. The first-order chi connectivity index (χ1) is 8.81. The fourth-order valence-electron chi connectivity index (χ4n) is 1.91. The lowest BCUT2D eigenvalue weighted by Crippen LogP contribution is -2.46. The predicted molar refractivity (Wildman–Crippen MR) is 68.2 cm³/mol. The molecule has 0 saturated carbocycles. The minimum absolute atomic E-state index is 0.238. The van der Waals surface area contributed by atoms with Crippen LogP contribution in [0.25, 0.3) is 0 Å². The van der Waals surface area contributed by atoms with Gasteiger partial charge < -0.3 is 15.3 Å². The highest BCUT2D eigenvalue weighted by molar-refractivity contribution is 7.88. The largest absolute Gasteiger partial charge is 0.480 e. The summed E-state index contributed by atoms with van der Waals surface area (Å²) < 4.78 is 23.9. The number of sulfonamides is 1. The maximum absolute atomic E-state index is 11.7. The van der Waals surface area contributed by atoms with Gasteiger partial charge in [0.05, 0.1) is 6.26 Å². The third kappa shape index (κ3) is 5.43. The van der Waals surface area contributed by atoms with Crippen molar-refractivity contribution in [3.63, 3.8) is 0 Å². The van der Waals surface area contributed by atoms with Gasteiger partial charge in [-0.3, -0.25) is 0 Å². The fraction of sp³-hybridized carbons (Fsp3) is 0.800. The van der Waals surface area contributed by atoms with Crippen molar-refractivity contribution in [2.24, 2.45) is 0 Å². The van der Waals surface area contributed by atoms with Crippen LogP contribution >= 0.6 is 0 Å². The molecule has 0 bridgehead atoms. The molecule has 19 heavy (non-hydrogen) atoms. The Kier molecular flexibility index (Phi) is 5.55. The second-order valence-electron chi connectivity index (χ2n) is 4.44. The van der Waals surface area contributed by atoms with E-state index in [0.29, 0.717) is 32.4 Å². The molecule has 1 aliphatic rings. The Morgan fingerprint density at radius 3 is 2.63 bits per heavy atom. The summed E-state index contributed by atoms with van der Waals surface area (Å²) in [6, 6.07) is -1.17. The van der Waals surface area contributed by atoms with Crippen molar-refractivity contribution >= 4 is 22.0 Å². The highest BCUT2D eigenvalue weighted by atomic mass is 32.2. The van der Waals surface area contributed by atoms with Crippen molar-refractivity contribution in [1.82, 2.24) is 14.9 Å². The van der Waals surface area contributed by atoms with E-state index < -0.39 is 28.1 Å². The molecule has 1 saturated heterocycles. The van der Waals surface area contributed by atoms with Crippen molar-refractivity contribution in [1.29, 1.82) is 0 Å². The number of carbonyl (C=O) groups excluding carboxylic acids is 1. The molecule has 8 nitrogen and oxygen atoms in total. The van der Waals surface area contributed by atoms with Gasteiger partial charge in [-0.1, -0.05) is 0 Å². The van der Waals surface area contributed by atoms with E-state index in [1.807, 2.05) is 0 Å². The summed E-state index contributed by atoms with van der Waals surface area (Å²) in [6.07, 6.45) is 2.66. The average Bonchev–Trinajstić information content (AvgIpc) is 2.75. The van der Waals surface area contributed by atoms with Crippen LogP contribution in [0.5, 0.6) is 0 Å². The van der Waals surface area contributed by atoms with Crippen molar-refractivity contribution < 1.29 is 23.1 Å². The number of rotatable bonds is 6. The van der Waals surface area contributed by atoms with Crippen LogP contribution in [0.4, 0.5) is 4.79 Å². The zero-order valence-electron chi connectivity index (χ0n) is 10.8. The molecule has 3 N–H and O–H groups in total. The van der Waals surface area contributed by atoms with E-state index in [0.717, 1.165) is 6.26 Å². The fourth-order valence-corrected chi connectivity index (χ4v) is 2.42. The van der Waals surface area contributed by atoms with E-state index in [-0.39, 0.29) is 6.54 Å². The second-order valence-corrected chi connectivity index (χ2v) is 6.27. The zero-order chi connectivity index (χ0) is 14.5. The standard InChI is InChI=1S/C10H19N3O5S/c1-19(17,18)12-6-3-5-11-10(16)13-7-2-4-8(13)9(14)15/h8,12H,2-7H2,1H3,(H,11,16)(H,14,15). The Hall–Kier alpha value is -1.35. The molecule has 0 aromatic rings. The first kappa shape index (κ1) is 15.7. The monoisotopic (exact) mass is 293 g/mol. The van der Waals surface area contributed by atoms with E-state index in [1.54, 1.807) is 0 Å². The minimum atomic E-state index is -3.21. The Bertz CT molecular complexity index is 436. The molecule has 0 aromatic carbocycles. The van der Waals surface area contributed by atoms with Crippen LogP contribution in [0, 0.1) is 0 Å². The molecule has 9 heteroatoms. The van der Waals surface area contributed by atoms with Gasteiger partial charge in [-0.25, -0.2) is 22.7 Å². The van der Waals surface area contributed by atoms with Crippen LogP contribution < -0.4 is 10.0 Å². The number of hydrogen-bond donors (Lipinski definition) is 3. The van der Waals surface area contributed by atoms with Crippen molar-refractivity contribution in [3.05, 3.63) is 0 Å². The highest BCUT2D eigenvalue weighted by Gasteiger charge is 2.33. The van der Waals surface area contributed by atoms with Crippen LogP contribution in [0.15, 0.2) is 0 Å². The van der Waals surface area contributed by atoms with Gasteiger partial charge in [-0.2, -0.15) is 0 Å². The van der Waals surface area contributed by atoms with Gasteiger partial charge in [-0.15, -0.1) is 0 Å². The third-order valence-electron chi connectivity index (χ3n) is 2.79. The second kappa shape index (κ2) is 6.71. The molecule has 0 spiro atoms. The minimum Gasteiger partial charge on any atom is -0.480 e. The molecule has 0 radical (unpaired) electrons. The Morgan fingerprint density at radius 2 is 2.05 bits per heavy atom. The van der Waals surface area contributed by atoms with E-state index in [1.165, 1.54) is 4.90 Å². The first-order valence-corrected chi connectivity index (χ1v) is 7.92. The molecule has 1 aliphatic heterocycles. The molecule has 0 aromatic heterocycles. The summed E-state index contributed by atoms with van der Waals surface area (Å²) in [4.78, 5) is 23.9. The van der Waals surface area contributed by atoms with Crippen LogP contribution in [0.3, 0.4) is 0 Å². The SMILES string of the molecule is CS(=O)(=O)NCCCNC(=O)N1CCCC1C(=O)O. The van der Waals surface area contributed by atoms with Gasteiger partial charge in [-0.05, 0) is 19.3 Å².